The van der Waals surface area contributed by atoms with E-state index in [0.29, 0.717) is 28.3 Å². The summed E-state index contributed by atoms with van der Waals surface area (Å²) in [7, 11) is 0. The lowest BCUT2D eigenvalue weighted by atomic mass is 10.2. The second-order valence-electron chi connectivity index (χ2n) is 6.25. The minimum atomic E-state index is -0.0415. The van der Waals surface area contributed by atoms with Crippen LogP contribution in [-0.4, -0.2) is 9.55 Å². The lowest BCUT2D eigenvalue weighted by Gasteiger charge is -2.11. The van der Waals surface area contributed by atoms with Crippen molar-refractivity contribution < 1.29 is 0 Å². The van der Waals surface area contributed by atoms with Gasteiger partial charge in [-0.05, 0) is 41.5 Å². The molecule has 0 bridgehead atoms. The van der Waals surface area contributed by atoms with Crippen molar-refractivity contribution in [3.05, 3.63) is 111 Å². The summed E-state index contributed by atoms with van der Waals surface area (Å²) >= 11 is 5.95. The molecule has 1 heterocycles. The highest BCUT2D eigenvalue weighted by molar-refractivity contribution is 6.30. The minimum absolute atomic E-state index is 0.0415. The molecule has 3 aromatic carbocycles. The first-order valence-electron chi connectivity index (χ1n) is 8.68. The predicted octanol–water partition coefficient (Wildman–Crippen LogP) is 5.27. The first-order valence-corrected chi connectivity index (χ1v) is 9.06. The van der Waals surface area contributed by atoms with Crippen LogP contribution in [0.3, 0.4) is 0 Å². The molecule has 0 amide bonds. The molecule has 0 unspecified atom stereocenters. The molecule has 0 spiro atoms. The summed E-state index contributed by atoms with van der Waals surface area (Å²) < 4.78 is 1.71. The van der Waals surface area contributed by atoms with Crippen LogP contribution < -0.4 is 5.56 Å². The number of halogens is 1. The highest BCUT2D eigenvalue weighted by Gasteiger charge is 2.09. The van der Waals surface area contributed by atoms with Crippen LogP contribution in [0.5, 0.6) is 0 Å². The van der Waals surface area contributed by atoms with E-state index in [4.69, 9.17) is 16.6 Å². The van der Waals surface area contributed by atoms with Gasteiger partial charge in [-0.25, -0.2) is 4.98 Å². The number of rotatable bonds is 4. The standard InChI is InChI=1S/C23H17ClN2O/c24-19-13-10-17(11-14-19)12-15-22-25-21-9-5-4-8-20(21)23(27)26(22)16-18-6-2-1-3-7-18/h1-15H,16H2/b15-12+. The molecule has 0 atom stereocenters. The van der Waals surface area contributed by atoms with Gasteiger partial charge in [-0.1, -0.05) is 72.3 Å². The largest absolute Gasteiger partial charge is 0.288 e. The van der Waals surface area contributed by atoms with E-state index in [1.807, 2.05) is 91.0 Å². The molecule has 0 saturated heterocycles. The van der Waals surface area contributed by atoms with Gasteiger partial charge in [-0.3, -0.25) is 9.36 Å². The zero-order chi connectivity index (χ0) is 18.6. The van der Waals surface area contributed by atoms with Gasteiger partial charge >= 0.3 is 0 Å². The van der Waals surface area contributed by atoms with Gasteiger partial charge in [0.25, 0.3) is 5.56 Å². The summed E-state index contributed by atoms with van der Waals surface area (Å²) in [4.78, 5) is 17.8. The van der Waals surface area contributed by atoms with Gasteiger partial charge in [-0.15, -0.1) is 0 Å². The van der Waals surface area contributed by atoms with E-state index in [2.05, 4.69) is 0 Å². The van der Waals surface area contributed by atoms with E-state index >= 15 is 0 Å². The average molecular weight is 373 g/mol. The number of nitrogens with zero attached hydrogens (tertiary/aromatic N) is 2. The van der Waals surface area contributed by atoms with E-state index < -0.39 is 0 Å². The van der Waals surface area contributed by atoms with Crippen LogP contribution in [-0.2, 0) is 6.54 Å². The Hall–Kier alpha value is -3.17. The summed E-state index contributed by atoms with van der Waals surface area (Å²) in [6.07, 6.45) is 3.81. The molecule has 0 aliphatic rings. The summed E-state index contributed by atoms with van der Waals surface area (Å²) in [6, 6.07) is 24.9. The van der Waals surface area contributed by atoms with Crippen LogP contribution >= 0.6 is 11.6 Å². The third kappa shape index (κ3) is 3.83. The van der Waals surface area contributed by atoms with E-state index in [9.17, 15) is 4.79 Å². The van der Waals surface area contributed by atoms with Crippen molar-refractivity contribution >= 4 is 34.7 Å². The fraction of sp³-hybridized carbons (Fsp3) is 0.0435. The second-order valence-corrected chi connectivity index (χ2v) is 6.69. The predicted molar refractivity (Wildman–Crippen MR) is 112 cm³/mol. The number of para-hydroxylation sites is 1. The molecule has 0 aliphatic heterocycles. The minimum Gasteiger partial charge on any atom is -0.288 e. The summed E-state index contributed by atoms with van der Waals surface area (Å²) in [5.74, 6) is 0.623. The molecule has 0 radical (unpaired) electrons. The maximum Gasteiger partial charge on any atom is 0.261 e. The van der Waals surface area contributed by atoms with Gasteiger partial charge in [0.1, 0.15) is 5.82 Å². The first-order chi connectivity index (χ1) is 13.2. The first kappa shape index (κ1) is 17.3. The molecule has 0 aliphatic carbocycles. The summed E-state index contributed by atoms with van der Waals surface area (Å²) in [5, 5.41) is 1.31. The Morgan fingerprint density at radius 1 is 0.852 bits per heavy atom. The van der Waals surface area contributed by atoms with E-state index in [0.717, 1.165) is 11.1 Å². The summed E-state index contributed by atoms with van der Waals surface area (Å²) in [6.45, 7) is 0.470. The van der Waals surface area contributed by atoms with Gasteiger partial charge in [0, 0.05) is 5.02 Å². The maximum absolute atomic E-state index is 13.1. The fourth-order valence-electron chi connectivity index (χ4n) is 2.98. The molecule has 0 saturated carbocycles. The SMILES string of the molecule is O=c1c2ccccc2nc(/C=C/c2ccc(Cl)cc2)n1Cc1ccccc1. The molecular formula is C23H17ClN2O. The number of hydrogen-bond acceptors (Lipinski definition) is 2. The summed E-state index contributed by atoms with van der Waals surface area (Å²) in [5.41, 5.74) is 2.70. The van der Waals surface area contributed by atoms with Crippen LogP contribution in [0, 0.1) is 0 Å². The van der Waals surface area contributed by atoms with Crippen molar-refractivity contribution in [1.82, 2.24) is 9.55 Å². The Morgan fingerprint density at radius 3 is 2.33 bits per heavy atom. The number of fused-ring (bicyclic) bond motifs is 1. The van der Waals surface area contributed by atoms with Crippen molar-refractivity contribution in [1.29, 1.82) is 0 Å². The van der Waals surface area contributed by atoms with Gasteiger partial charge in [0.2, 0.25) is 0 Å². The third-order valence-corrected chi connectivity index (χ3v) is 4.62. The Bertz CT molecular complexity index is 1160. The van der Waals surface area contributed by atoms with Gasteiger partial charge in [-0.2, -0.15) is 0 Å². The fourth-order valence-corrected chi connectivity index (χ4v) is 3.10. The van der Waals surface area contributed by atoms with Crippen molar-refractivity contribution in [2.45, 2.75) is 6.54 Å². The zero-order valence-corrected chi connectivity index (χ0v) is 15.3. The molecule has 4 rings (SSSR count). The topological polar surface area (TPSA) is 34.9 Å². The van der Waals surface area contributed by atoms with Crippen molar-refractivity contribution in [2.24, 2.45) is 0 Å². The van der Waals surface area contributed by atoms with Gasteiger partial charge < -0.3 is 0 Å². The number of benzene rings is 3. The lowest BCUT2D eigenvalue weighted by Crippen LogP contribution is -2.24. The zero-order valence-electron chi connectivity index (χ0n) is 14.5. The van der Waals surface area contributed by atoms with Gasteiger partial charge in [0.15, 0.2) is 0 Å². The highest BCUT2D eigenvalue weighted by Crippen LogP contribution is 2.14. The molecule has 132 valence electrons. The van der Waals surface area contributed by atoms with Crippen LogP contribution in [0.15, 0.2) is 83.7 Å². The molecule has 0 N–H and O–H groups in total. The second kappa shape index (κ2) is 7.60. The number of aromatic nitrogens is 2. The Morgan fingerprint density at radius 2 is 1.56 bits per heavy atom. The number of hydrogen-bond donors (Lipinski definition) is 0. The molecular weight excluding hydrogens is 356 g/mol. The molecule has 0 fully saturated rings. The molecule has 4 heteroatoms. The molecule has 27 heavy (non-hydrogen) atoms. The van der Waals surface area contributed by atoms with Crippen LogP contribution in [0.4, 0.5) is 0 Å². The van der Waals surface area contributed by atoms with Gasteiger partial charge in [0.05, 0.1) is 17.4 Å². The average Bonchev–Trinajstić information content (AvgIpc) is 2.71. The lowest BCUT2D eigenvalue weighted by molar-refractivity contribution is 0.738. The molecule has 3 nitrogen and oxygen atoms in total. The smallest absolute Gasteiger partial charge is 0.261 e. The van der Waals surface area contributed by atoms with Crippen LogP contribution in [0.1, 0.15) is 17.0 Å². The maximum atomic E-state index is 13.1. The van der Waals surface area contributed by atoms with Crippen molar-refractivity contribution in [3.63, 3.8) is 0 Å². The Kier molecular flexibility index (Phi) is 4.86. The van der Waals surface area contributed by atoms with Crippen LogP contribution in [0.25, 0.3) is 23.1 Å². The Labute approximate surface area is 162 Å². The normalized spacial score (nSPS) is 11.3. The van der Waals surface area contributed by atoms with E-state index in [1.165, 1.54) is 0 Å². The Balaban J connectivity index is 1.83. The highest BCUT2D eigenvalue weighted by atomic mass is 35.5. The molecule has 1 aromatic heterocycles. The van der Waals surface area contributed by atoms with E-state index in [1.54, 1.807) is 4.57 Å². The third-order valence-electron chi connectivity index (χ3n) is 4.37. The molecule has 4 aromatic rings. The van der Waals surface area contributed by atoms with E-state index in [-0.39, 0.29) is 5.56 Å². The monoisotopic (exact) mass is 372 g/mol. The van der Waals surface area contributed by atoms with Crippen molar-refractivity contribution in [2.75, 3.05) is 0 Å². The van der Waals surface area contributed by atoms with Crippen molar-refractivity contribution in [3.8, 4) is 0 Å². The quantitative estimate of drug-likeness (QED) is 0.489. The van der Waals surface area contributed by atoms with Crippen LogP contribution in [0.2, 0.25) is 5.02 Å².